The molecule has 1 fully saturated rings. The number of likely N-dealkylation sites (tertiary alicyclic amines) is 1. The molecule has 1 aliphatic heterocycles. The topological polar surface area (TPSA) is 36.0 Å². The summed E-state index contributed by atoms with van der Waals surface area (Å²) in [5.41, 5.74) is 2.85. The molecular weight excluding hydrogens is 374 g/mol. The maximum atomic E-state index is 12.9. The van der Waals surface area contributed by atoms with E-state index in [4.69, 9.17) is 4.74 Å². The monoisotopic (exact) mass is 409 g/mol. The van der Waals surface area contributed by atoms with E-state index in [1.807, 2.05) is 49.1 Å². The number of anilines is 2. The van der Waals surface area contributed by atoms with Crippen molar-refractivity contribution in [3.8, 4) is 5.75 Å². The van der Waals surface area contributed by atoms with Crippen molar-refractivity contribution in [2.45, 2.75) is 39.7 Å². The van der Waals surface area contributed by atoms with Gasteiger partial charge in [-0.2, -0.15) is 0 Å². The third-order valence-electron chi connectivity index (χ3n) is 5.92. The zero-order chi connectivity index (χ0) is 21.5. The highest BCUT2D eigenvalue weighted by atomic mass is 16.5. The van der Waals surface area contributed by atoms with Crippen LogP contribution >= 0.6 is 0 Å². The Morgan fingerprint density at radius 3 is 2.30 bits per heavy atom. The van der Waals surface area contributed by atoms with Crippen molar-refractivity contribution >= 4 is 17.3 Å². The average Bonchev–Trinajstić information content (AvgIpc) is 3.28. The van der Waals surface area contributed by atoms with Crippen molar-refractivity contribution in [3.63, 3.8) is 0 Å². The van der Waals surface area contributed by atoms with Gasteiger partial charge in [0.1, 0.15) is 5.75 Å². The Morgan fingerprint density at radius 1 is 1.03 bits per heavy atom. The third-order valence-corrected chi connectivity index (χ3v) is 5.92. The molecule has 30 heavy (non-hydrogen) atoms. The van der Waals surface area contributed by atoms with Gasteiger partial charge in [0.15, 0.2) is 0 Å². The molecule has 2 aromatic carbocycles. The molecule has 5 heteroatoms. The standard InChI is InChI=1S/C25H35N3O2/c1-5-27(6-2)25(29)21-11-9-12-22(17-21)28(20(3)19-26-15-7-8-16-26)23-13-10-14-24(18-23)30-4/h9-14,17-18,20H,5-8,15-16,19H2,1-4H3. The lowest BCUT2D eigenvalue weighted by Crippen LogP contribution is -2.39. The number of carbonyl (C=O) groups is 1. The van der Waals surface area contributed by atoms with Gasteiger partial charge >= 0.3 is 0 Å². The van der Waals surface area contributed by atoms with E-state index in [0.717, 1.165) is 42.3 Å². The van der Waals surface area contributed by atoms with Gasteiger partial charge in [0.05, 0.1) is 7.11 Å². The smallest absolute Gasteiger partial charge is 0.253 e. The summed E-state index contributed by atoms with van der Waals surface area (Å²) in [5, 5.41) is 0. The zero-order valence-electron chi connectivity index (χ0n) is 18.8. The van der Waals surface area contributed by atoms with E-state index in [2.05, 4.69) is 34.9 Å². The summed E-state index contributed by atoms with van der Waals surface area (Å²) in [5.74, 6) is 0.917. The van der Waals surface area contributed by atoms with Crippen LogP contribution in [0.1, 0.15) is 44.0 Å². The van der Waals surface area contributed by atoms with Gasteiger partial charge in [-0.3, -0.25) is 4.79 Å². The van der Waals surface area contributed by atoms with Crippen molar-refractivity contribution < 1.29 is 9.53 Å². The Bertz CT molecular complexity index is 829. The third kappa shape index (κ3) is 5.14. The lowest BCUT2D eigenvalue weighted by molar-refractivity contribution is 0.0773. The van der Waals surface area contributed by atoms with Crippen LogP contribution in [0, 0.1) is 0 Å². The quantitative estimate of drug-likeness (QED) is 0.596. The minimum absolute atomic E-state index is 0.0830. The van der Waals surface area contributed by atoms with Gasteiger partial charge in [-0.1, -0.05) is 12.1 Å². The molecule has 0 saturated carbocycles. The van der Waals surface area contributed by atoms with Gasteiger partial charge in [-0.25, -0.2) is 0 Å². The van der Waals surface area contributed by atoms with Crippen LogP contribution in [-0.4, -0.2) is 61.6 Å². The molecule has 0 N–H and O–H groups in total. The zero-order valence-corrected chi connectivity index (χ0v) is 18.8. The van der Waals surface area contributed by atoms with E-state index in [0.29, 0.717) is 13.1 Å². The van der Waals surface area contributed by atoms with Crippen LogP contribution in [0.25, 0.3) is 0 Å². The predicted octanol–water partition coefficient (Wildman–Crippen LogP) is 4.80. The van der Waals surface area contributed by atoms with Crippen LogP contribution in [0.2, 0.25) is 0 Å². The van der Waals surface area contributed by atoms with E-state index >= 15 is 0 Å². The lowest BCUT2D eigenvalue weighted by atomic mass is 10.1. The molecule has 2 aromatic rings. The summed E-state index contributed by atoms with van der Waals surface area (Å²) in [6.07, 6.45) is 2.56. The molecule has 1 saturated heterocycles. The molecule has 1 atom stereocenters. The molecule has 0 bridgehead atoms. The molecule has 3 rings (SSSR count). The molecule has 0 aliphatic carbocycles. The van der Waals surface area contributed by atoms with E-state index < -0.39 is 0 Å². The summed E-state index contributed by atoms with van der Waals surface area (Å²) in [6, 6.07) is 16.5. The molecule has 0 aromatic heterocycles. The van der Waals surface area contributed by atoms with Crippen molar-refractivity contribution in [2.75, 3.05) is 44.7 Å². The van der Waals surface area contributed by atoms with Crippen LogP contribution in [0.3, 0.4) is 0 Å². The molecule has 1 heterocycles. The highest BCUT2D eigenvalue weighted by Gasteiger charge is 2.23. The maximum absolute atomic E-state index is 12.9. The first-order valence-corrected chi connectivity index (χ1v) is 11.1. The molecule has 162 valence electrons. The van der Waals surface area contributed by atoms with Crippen molar-refractivity contribution in [1.82, 2.24) is 9.80 Å². The summed E-state index contributed by atoms with van der Waals surface area (Å²) in [6.45, 7) is 11.0. The summed E-state index contributed by atoms with van der Waals surface area (Å²) in [4.78, 5) is 19.7. The Morgan fingerprint density at radius 2 is 1.67 bits per heavy atom. The van der Waals surface area contributed by atoms with Gasteiger partial charge in [-0.05, 0) is 77.0 Å². The largest absolute Gasteiger partial charge is 0.497 e. The molecule has 0 spiro atoms. The molecule has 1 amide bonds. The lowest BCUT2D eigenvalue weighted by Gasteiger charge is -2.34. The number of rotatable bonds is 9. The number of ether oxygens (including phenoxy) is 1. The van der Waals surface area contributed by atoms with Crippen LogP contribution in [0.4, 0.5) is 11.4 Å². The normalized spacial score (nSPS) is 15.1. The fourth-order valence-electron chi connectivity index (χ4n) is 4.32. The van der Waals surface area contributed by atoms with Gasteiger partial charge in [0.25, 0.3) is 5.91 Å². The number of methoxy groups -OCH3 is 1. The first-order valence-electron chi connectivity index (χ1n) is 11.1. The van der Waals surface area contributed by atoms with Crippen molar-refractivity contribution in [3.05, 3.63) is 54.1 Å². The Hall–Kier alpha value is -2.53. The molecule has 1 aliphatic rings. The first-order chi connectivity index (χ1) is 14.6. The number of benzene rings is 2. The second-order valence-electron chi connectivity index (χ2n) is 7.96. The van der Waals surface area contributed by atoms with Gasteiger partial charge < -0.3 is 19.4 Å². The molecule has 0 radical (unpaired) electrons. The second kappa shape index (κ2) is 10.5. The van der Waals surface area contributed by atoms with Gasteiger partial charge in [0.2, 0.25) is 0 Å². The number of nitrogens with zero attached hydrogens (tertiary/aromatic N) is 3. The Labute approximate surface area is 181 Å². The first kappa shape index (κ1) is 22.2. The molecule has 1 unspecified atom stereocenters. The number of hydrogen-bond acceptors (Lipinski definition) is 4. The molecule has 5 nitrogen and oxygen atoms in total. The van der Waals surface area contributed by atoms with Crippen LogP contribution < -0.4 is 9.64 Å². The highest BCUT2D eigenvalue weighted by Crippen LogP contribution is 2.32. The number of carbonyl (C=O) groups excluding carboxylic acids is 1. The van der Waals surface area contributed by atoms with Crippen LogP contribution in [0.5, 0.6) is 5.75 Å². The Kier molecular flexibility index (Phi) is 7.75. The van der Waals surface area contributed by atoms with E-state index in [1.54, 1.807) is 7.11 Å². The number of amides is 1. The maximum Gasteiger partial charge on any atom is 0.253 e. The summed E-state index contributed by atoms with van der Waals surface area (Å²) >= 11 is 0. The average molecular weight is 410 g/mol. The summed E-state index contributed by atoms with van der Waals surface area (Å²) in [7, 11) is 1.69. The second-order valence-corrected chi connectivity index (χ2v) is 7.96. The van der Waals surface area contributed by atoms with E-state index in [-0.39, 0.29) is 11.9 Å². The highest BCUT2D eigenvalue weighted by molar-refractivity contribution is 5.95. The molecular formula is C25H35N3O2. The van der Waals surface area contributed by atoms with Crippen molar-refractivity contribution in [2.24, 2.45) is 0 Å². The Balaban J connectivity index is 1.96. The van der Waals surface area contributed by atoms with E-state index in [9.17, 15) is 4.79 Å². The van der Waals surface area contributed by atoms with Gasteiger partial charge in [0, 0.05) is 48.7 Å². The van der Waals surface area contributed by atoms with Crippen LogP contribution in [0.15, 0.2) is 48.5 Å². The van der Waals surface area contributed by atoms with E-state index in [1.165, 1.54) is 12.8 Å². The fraction of sp³-hybridized carbons (Fsp3) is 0.480. The minimum Gasteiger partial charge on any atom is -0.497 e. The summed E-state index contributed by atoms with van der Waals surface area (Å²) < 4.78 is 5.48. The SMILES string of the molecule is CCN(CC)C(=O)c1cccc(N(c2cccc(OC)c2)C(C)CN2CCCC2)c1. The minimum atomic E-state index is 0.0830. The van der Waals surface area contributed by atoms with Gasteiger partial charge in [-0.15, -0.1) is 0 Å². The van der Waals surface area contributed by atoms with Crippen LogP contribution in [-0.2, 0) is 0 Å². The van der Waals surface area contributed by atoms with Crippen molar-refractivity contribution in [1.29, 1.82) is 0 Å². The fourth-order valence-corrected chi connectivity index (χ4v) is 4.32. The predicted molar refractivity (Wildman–Crippen MR) is 124 cm³/mol. The number of hydrogen-bond donors (Lipinski definition) is 0.